The van der Waals surface area contributed by atoms with Crippen molar-refractivity contribution in [2.24, 2.45) is 0 Å². The van der Waals surface area contributed by atoms with Crippen LogP contribution in [0.25, 0.3) is 11.1 Å². The summed E-state index contributed by atoms with van der Waals surface area (Å²) in [6, 6.07) is 16.0. The van der Waals surface area contributed by atoms with Gasteiger partial charge in [-0.05, 0) is 41.0 Å². The molecule has 144 valence electrons. The first-order chi connectivity index (χ1) is 13.3. The minimum Gasteiger partial charge on any atom is -0.478 e. The lowest BCUT2D eigenvalue weighted by Gasteiger charge is -2.10. The fourth-order valence-corrected chi connectivity index (χ4v) is 2.70. The lowest BCUT2D eigenvalue weighted by molar-refractivity contribution is -0.137. The van der Waals surface area contributed by atoms with Gasteiger partial charge in [0, 0.05) is 6.54 Å². The molecule has 3 rings (SSSR count). The van der Waals surface area contributed by atoms with Crippen LogP contribution in [0.3, 0.4) is 0 Å². The third kappa shape index (κ3) is 4.31. The molecule has 2 N–H and O–H groups in total. The van der Waals surface area contributed by atoms with E-state index in [1.54, 1.807) is 24.3 Å². The van der Waals surface area contributed by atoms with Crippen LogP contribution < -0.4 is 5.32 Å². The summed E-state index contributed by atoms with van der Waals surface area (Å²) in [5, 5.41) is 11.8. The summed E-state index contributed by atoms with van der Waals surface area (Å²) >= 11 is 0. The Hall–Kier alpha value is -3.35. The van der Waals surface area contributed by atoms with Crippen LogP contribution in [-0.4, -0.2) is 11.1 Å². The number of benzene rings is 3. The number of aromatic carboxylic acids is 1. The van der Waals surface area contributed by atoms with E-state index in [1.807, 2.05) is 0 Å². The fraction of sp³-hybridized carbons (Fsp3) is 0.0952. The molecule has 0 spiro atoms. The van der Waals surface area contributed by atoms with E-state index in [2.05, 4.69) is 5.32 Å². The van der Waals surface area contributed by atoms with Crippen molar-refractivity contribution in [3.05, 3.63) is 89.2 Å². The summed E-state index contributed by atoms with van der Waals surface area (Å²) in [7, 11) is 0. The Morgan fingerprint density at radius 3 is 2.00 bits per heavy atom. The maximum Gasteiger partial charge on any atom is 0.416 e. The van der Waals surface area contributed by atoms with Crippen molar-refractivity contribution in [2.45, 2.75) is 12.7 Å². The second-order valence-electron chi connectivity index (χ2n) is 6.10. The van der Waals surface area contributed by atoms with E-state index >= 15 is 0 Å². The van der Waals surface area contributed by atoms with Crippen molar-refractivity contribution >= 4 is 11.7 Å². The zero-order valence-electron chi connectivity index (χ0n) is 14.4. The minimum atomic E-state index is -4.37. The summed E-state index contributed by atoms with van der Waals surface area (Å²) < 4.78 is 52.0. The third-order valence-electron chi connectivity index (χ3n) is 4.21. The maximum atomic E-state index is 14.1. The lowest BCUT2D eigenvalue weighted by atomic mass is 10.0. The average molecular weight is 389 g/mol. The third-order valence-corrected chi connectivity index (χ3v) is 4.21. The molecule has 3 aromatic rings. The zero-order chi connectivity index (χ0) is 20.3. The van der Waals surface area contributed by atoms with Crippen molar-refractivity contribution < 1.29 is 27.5 Å². The molecule has 0 aromatic heterocycles. The van der Waals surface area contributed by atoms with Gasteiger partial charge in [0.05, 0.1) is 16.8 Å². The predicted octanol–water partition coefficient (Wildman–Crippen LogP) is 5.82. The summed E-state index contributed by atoms with van der Waals surface area (Å²) in [6.07, 6.45) is -4.37. The van der Waals surface area contributed by atoms with Crippen molar-refractivity contribution in [2.75, 3.05) is 5.32 Å². The Morgan fingerprint density at radius 1 is 0.893 bits per heavy atom. The molecule has 3 aromatic carbocycles. The highest BCUT2D eigenvalue weighted by Crippen LogP contribution is 2.31. The number of nitrogens with one attached hydrogen (secondary N) is 1. The molecule has 0 heterocycles. The molecule has 7 heteroatoms. The highest BCUT2D eigenvalue weighted by atomic mass is 19.4. The Balaban J connectivity index is 1.70. The van der Waals surface area contributed by atoms with E-state index in [0.717, 1.165) is 23.3 Å². The van der Waals surface area contributed by atoms with Crippen LogP contribution in [0.2, 0.25) is 0 Å². The molecule has 0 unspecified atom stereocenters. The van der Waals surface area contributed by atoms with E-state index in [0.29, 0.717) is 5.56 Å². The molecule has 0 amide bonds. The van der Waals surface area contributed by atoms with Gasteiger partial charge in [-0.1, -0.05) is 42.5 Å². The van der Waals surface area contributed by atoms with Crippen molar-refractivity contribution in [1.82, 2.24) is 0 Å². The number of anilines is 1. The Morgan fingerprint density at radius 2 is 1.46 bits per heavy atom. The Labute approximate surface area is 158 Å². The van der Waals surface area contributed by atoms with Gasteiger partial charge in [-0.3, -0.25) is 0 Å². The van der Waals surface area contributed by atoms with Crippen LogP contribution in [-0.2, 0) is 12.7 Å². The molecule has 0 atom stereocenters. The number of carboxylic acids is 1. The first-order valence-corrected chi connectivity index (χ1v) is 8.28. The second kappa shape index (κ2) is 7.72. The van der Waals surface area contributed by atoms with Gasteiger partial charge in [0.15, 0.2) is 5.82 Å². The van der Waals surface area contributed by atoms with E-state index in [1.165, 1.54) is 30.3 Å². The molecule has 0 saturated heterocycles. The zero-order valence-corrected chi connectivity index (χ0v) is 14.4. The van der Waals surface area contributed by atoms with E-state index < -0.39 is 29.1 Å². The summed E-state index contributed by atoms with van der Waals surface area (Å²) in [5.74, 6) is -2.18. The Bertz CT molecular complexity index is 981. The SMILES string of the molecule is O=C(O)c1cccc(NCc2ccc(-c3ccc(C(F)(F)F)cc3)cc2)c1F. The van der Waals surface area contributed by atoms with Gasteiger partial charge in [-0.15, -0.1) is 0 Å². The van der Waals surface area contributed by atoms with Crippen LogP contribution in [0.4, 0.5) is 23.2 Å². The van der Waals surface area contributed by atoms with Gasteiger partial charge in [0.2, 0.25) is 0 Å². The number of hydrogen-bond donors (Lipinski definition) is 2. The van der Waals surface area contributed by atoms with Crippen LogP contribution in [0.1, 0.15) is 21.5 Å². The molecule has 3 nitrogen and oxygen atoms in total. The van der Waals surface area contributed by atoms with Gasteiger partial charge in [0.1, 0.15) is 0 Å². The quantitative estimate of drug-likeness (QED) is 0.541. The summed E-state index contributed by atoms with van der Waals surface area (Å²) in [4.78, 5) is 11.0. The van der Waals surface area contributed by atoms with E-state index in [4.69, 9.17) is 5.11 Å². The van der Waals surface area contributed by atoms with Crippen LogP contribution in [0, 0.1) is 5.82 Å². The van der Waals surface area contributed by atoms with Crippen LogP contribution in [0.5, 0.6) is 0 Å². The number of rotatable bonds is 5. The number of alkyl halides is 3. The molecule has 0 aliphatic heterocycles. The van der Waals surface area contributed by atoms with E-state index in [9.17, 15) is 22.4 Å². The first kappa shape index (κ1) is 19.4. The largest absolute Gasteiger partial charge is 0.478 e. The normalized spacial score (nSPS) is 11.3. The molecule has 0 radical (unpaired) electrons. The maximum absolute atomic E-state index is 14.1. The summed E-state index contributed by atoms with van der Waals surface area (Å²) in [5.41, 5.74) is 1.15. The van der Waals surface area contributed by atoms with Gasteiger partial charge in [-0.2, -0.15) is 13.2 Å². The van der Waals surface area contributed by atoms with Crippen molar-refractivity contribution in [1.29, 1.82) is 0 Å². The van der Waals surface area contributed by atoms with Gasteiger partial charge in [-0.25, -0.2) is 9.18 Å². The molecule has 0 aliphatic rings. The number of carbonyl (C=O) groups is 1. The smallest absolute Gasteiger partial charge is 0.416 e. The minimum absolute atomic E-state index is 0.0757. The highest BCUT2D eigenvalue weighted by molar-refractivity contribution is 5.89. The first-order valence-electron chi connectivity index (χ1n) is 8.28. The molecular weight excluding hydrogens is 374 g/mol. The predicted molar refractivity (Wildman–Crippen MR) is 97.6 cm³/mol. The van der Waals surface area contributed by atoms with Gasteiger partial charge >= 0.3 is 12.1 Å². The molecule has 0 saturated carbocycles. The Kier molecular flexibility index (Phi) is 5.35. The number of carboxylic acid groups (broad SMARTS) is 1. The highest BCUT2D eigenvalue weighted by Gasteiger charge is 2.29. The van der Waals surface area contributed by atoms with Crippen LogP contribution in [0.15, 0.2) is 66.7 Å². The molecular formula is C21H15F4NO2. The van der Waals surface area contributed by atoms with Gasteiger partial charge in [0.25, 0.3) is 0 Å². The fourth-order valence-electron chi connectivity index (χ4n) is 2.70. The number of halogens is 4. The summed E-state index contributed by atoms with van der Waals surface area (Å²) in [6.45, 7) is 0.257. The van der Waals surface area contributed by atoms with Crippen LogP contribution >= 0.6 is 0 Å². The van der Waals surface area contributed by atoms with Crippen molar-refractivity contribution in [3.63, 3.8) is 0 Å². The topological polar surface area (TPSA) is 49.3 Å². The molecule has 0 aliphatic carbocycles. The van der Waals surface area contributed by atoms with Crippen molar-refractivity contribution in [3.8, 4) is 11.1 Å². The molecule has 0 bridgehead atoms. The average Bonchev–Trinajstić information content (AvgIpc) is 2.67. The number of hydrogen-bond acceptors (Lipinski definition) is 2. The standard InChI is InChI=1S/C21H15F4NO2/c22-19-17(20(27)28)2-1-3-18(19)26-12-13-4-6-14(7-5-13)15-8-10-16(11-9-15)21(23,24)25/h1-11,26H,12H2,(H,27,28). The lowest BCUT2D eigenvalue weighted by Crippen LogP contribution is -2.06. The van der Waals surface area contributed by atoms with E-state index in [-0.39, 0.29) is 12.2 Å². The molecule has 28 heavy (non-hydrogen) atoms. The van der Waals surface area contributed by atoms with Gasteiger partial charge < -0.3 is 10.4 Å². The monoisotopic (exact) mass is 389 g/mol. The molecule has 0 fully saturated rings. The second-order valence-corrected chi connectivity index (χ2v) is 6.10.